The van der Waals surface area contributed by atoms with E-state index >= 15 is 0 Å². The summed E-state index contributed by atoms with van der Waals surface area (Å²) in [7, 11) is 0. The van der Waals surface area contributed by atoms with Crippen LogP contribution in [0.3, 0.4) is 0 Å². The second-order valence-electron chi connectivity index (χ2n) is 8.69. The average Bonchev–Trinajstić information content (AvgIpc) is 3.26. The smallest absolute Gasteiger partial charge is 0.262 e. The lowest BCUT2D eigenvalue weighted by atomic mass is 10.1. The number of aromatic nitrogens is 6. The van der Waals surface area contributed by atoms with Gasteiger partial charge in [0.1, 0.15) is 17.3 Å². The number of pyridine rings is 2. The van der Waals surface area contributed by atoms with E-state index in [1.165, 1.54) is 0 Å². The Morgan fingerprint density at radius 1 is 1.18 bits per heavy atom. The summed E-state index contributed by atoms with van der Waals surface area (Å²) in [5.41, 5.74) is 1.17. The Bertz CT molecular complexity index is 1360. The van der Waals surface area contributed by atoms with Crippen LogP contribution in [0.4, 0.5) is 0 Å². The van der Waals surface area contributed by atoms with Gasteiger partial charge in [0.05, 0.1) is 18.3 Å². The third-order valence-corrected chi connectivity index (χ3v) is 6.56. The van der Waals surface area contributed by atoms with E-state index in [2.05, 4.69) is 25.0 Å². The number of fused-ring (bicyclic) bond motifs is 2. The third kappa shape index (κ3) is 3.75. The Balaban J connectivity index is 1.17. The number of ether oxygens (including phenoxy) is 2. The molecular weight excluding hydrogens is 422 g/mol. The average molecular weight is 447 g/mol. The molecule has 0 bridgehead atoms. The summed E-state index contributed by atoms with van der Waals surface area (Å²) >= 11 is 0. The van der Waals surface area contributed by atoms with Crippen LogP contribution >= 0.6 is 0 Å². The Labute approximate surface area is 189 Å². The van der Waals surface area contributed by atoms with Crippen LogP contribution in [0.2, 0.25) is 0 Å². The highest BCUT2D eigenvalue weighted by Gasteiger charge is 2.34. The van der Waals surface area contributed by atoms with E-state index in [1.807, 2.05) is 35.9 Å². The van der Waals surface area contributed by atoms with Crippen molar-refractivity contribution >= 4 is 22.1 Å². The topological polar surface area (TPSA) is 111 Å². The number of nitrogens with zero attached hydrogens (tertiary/aromatic N) is 6. The van der Waals surface area contributed by atoms with Crippen LogP contribution in [0.25, 0.3) is 22.1 Å². The van der Waals surface area contributed by atoms with E-state index < -0.39 is 0 Å². The number of hydrogen-bond acceptors (Lipinski definition) is 8. The van der Waals surface area contributed by atoms with Crippen molar-refractivity contribution < 1.29 is 9.47 Å². The predicted molar refractivity (Wildman–Crippen MR) is 121 cm³/mol. The molecule has 1 atom stereocenters. The number of rotatable bonds is 5. The Morgan fingerprint density at radius 2 is 2.03 bits per heavy atom. The second kappa shape index (κ2) is 8.20. The van der Waals surface area contributed by atoms with Crippen molar-refractivity contribution in [3.8, 4) is 5.88 Å². The molecule has 0 amide bonds. The molecule has 10 heteroatoms. The van der Waals surface area contributed by atoms with Crippen LogP contribution < -0.4 is 10.3 Å². The molecule has 1 N–H and O–H groups in total. The van der Waals surface area contributed by atoms with Gasteiger partial charge >= 0.3 is 0 Å². The molecule has 10 nitrogen and oxygen atoms in total. The van der Waals surface area contributed by atoms with Crippen LogP contribution in [-0.2, 0) is 4.74 Å². The van der Waals surface area contributed by atoms with Gasteiger partial charge < -0.3 is 14.5 Å². The van der Waals surface area contributed by atoms with Crippen LogP contribution in [-0.4, -0.2) is 67.0 Å². The first-order valence-electron chi connectivity index (χ1n) is 11.3. The molecular formula is C23H25N7O3. The standard InChI is InChI=1S/C23H25N7O3/c1-14(29-12-17(13-29)33-19-5-4-15-3-2-8-24-21(15)26-19)20-27-22-18(23(31)28-20)11-25-30(22)16-6-9-32-10-7-16/h2-5,8,11,14,16-17H,6-7,9-10,12-13H2,1H3,(H,27,28,31). The number of H-pyrrole nitrogens is 1. The maximum absolute atomic E-state index is 12.7. The number of nitrogens with one attached hydrogen (secondary N) is 1. The first-order valence-corrected chi connectivity index (χ1v) is 11.3. The molecule has 6 heterocycles. The van der Waals surface area contributed by atoms with Gasteiger partial charge in [-0.25, -0.2) is 14.6 Å². The fourth-order valence-corrected chi connectivity index (χ4v) is 4.55. The molecule has 4 aromatic heterocycles. The van der Waals surface area contributed by atoms with Gasteiger partial charge in [0.15, 0.2) is 11.3 Å². The fraction of sp³-hybridized carbons (Fsp3) is 0.435. The molecule has 0 radical (unpaired) electrons. The minimum absolute atomic E-state index is 0.0318. The Morgan fingerprint density at radius 3 is 2.88 bits per heavy atom. The summed E-state index contributed by atoms with van der Waals surface area (Å²) in [5, 5.41) is 5.98. The third-order valence-electron chi connectivity index (χ3n) is 6.56. The monoisotopic (exact) mass is 447 g/mol. The van der Waals surface area contributed by atoms with Crippen molar-refractivity contribution in [2.45, 2.75) is 38.0 Å². The molecule has 1 unspecified atom stereocenters. The molecule has 0 saturated carbocycles. The summed E-state index contributed by atoms with van der Waals surface area (Å²) in [6, 6.07) is 7.87. The van der Waals surface area contributed by atoms with E-state index in [0.717, 1.165) is 31.3 Å². The first kappa shape index (κ1) is 20.3. The van der Waals surface area contributed by atoms with Crippen molar-refractivity contribution in [3.05, 3.63) is 52.8 Å². The zero-order valence-electron chi connectivity index (χ0n) is 18.3. The molecule has 4 aromatic rings. The lowest BCUT2D eigenvalue weighted by Gasteiger charge is -2.41. The zero-order chi connectivity index (χ0) is 22.4. The van der Waals surface area contributed by atoms with E-state index in [-0.39, 0.29) is 23.7 Å². The predicted octanol–water partition coefficient (Wildman–Crippen LogP) is 2.24. The van der Waals surface area contributed by atoms with Gasteiger partial charge in [0, 0.05) is 44.0 Å². The maximum atomic E-state index is 12.7. The Kier molecular flexibility index (Phi) is 5.03. The number of likely N-dealkylation sites (tertiary alicyclic amines) is 1. The van der Waals surface area contributed by atoms with Crippen LogP contribution in [0.1, 0.15) is 37.7 Å². The molecule has 2 saturated heterocycles. The highest BCUT2D eigenvalue weighted by molar-refractivity contribution is 5.74. The minimum Gasteiger partial charge on any atom is -0.472 e. The lowest BCUT2D eigenvalue weighted by molar-refractivity contribution is -0.00949. The largest absolute Gasteiger partial charge is 0.472 e. The quantitative estimate of drug-likeness (QED) is 0.496. The number of aromatic amines is 1. The van der Waals surface area contributed by atoms with Gasteiger partial charge in [0.25, 0.3) is 5.56 Å². The van der Waals surface area contributed by atoms with Crippen LogP contribution in [0.5, 0.6) is 5.88 Å². The van der Waals surface area contributed by atoms with E-state index in [4.69, 9.17) is 14.5 Å². The van der Waals surface area contributed by atoms with Gasteiger partial charge in [-0.2, -0.15) is 10.1 Å². The minimum atomic E-state index is -0.152. The van der Waals surface area contributed by atoms with Crippen molar-refractivity contribution in [2.24, 2.45) is 0 Å². The SMILES string of the molecule is CC(c1nc2c(cnn2C2CCOCC2)c(=O)[nH]1)N1CC(Oc2ccc3cccnc3n2)C1. The van der Waals surface area contributed by atoms with Crippen molar-refractivity contribution in [3.63, 3.8) is 0 Å². The molecule has 0 aromatic carbocycles. The van der Waals surface area contributed by atoms with Crippen LogP contribution in [0, 0.1) is 0 Å². The molecule has 170 valence electrons. The van der Waals surface area contributed by atoms with Gasteiger partial charge in [0.2, 0.25) is 5.88 Å². The van der Waals surface area contributed by atoms with Crippen molar-refractivity contribution in [2.75, 3.05) is 26.3 Å². The van der Waals surface area contributed by atoms with Crippen LogP contribution in [0.15, 0.2) is 41.5 Å². The van der Waals surface area contributed by atoms with Gasteiger partial charge in [-0.3, -0.25) is 9.69 Å². The maximum Gasteiger partial charge on any atom is 0.262 e. The van der Waals surface area contributed by atoms with Gasteiger partial charge in [-0.1, -0.05) is 0 Å². The van der Waals surface area contributed by atoms with E-state index in [0.29, 0.717) is 41.6 Å². The summed E-state index contributed by atoms with van der Waals surface area (Å²) < 4.78 is 13.4. The molecule has 33 heavy (non-hydrogen) atoms. The molecule has 2 aliphatic heterocycles. The molecule has 0 spiro atoms. The fourth-order valence-electron chi connectivity index (χ4n) is 4.55. The summed E-state index contributed by atoms with van der Waals surface area (Å²) in [6.07, 6.45) is 5.12. The van der Waals surface area contributed by atoms with Gasteiger partial charge in [-0.15, -0.1) is 0 Å². The first-order chi connectivity index (χ1) is 16.2. The van der Waals surface area contributed by atoms with Gasteiger partial charge in [-0.05, 0) is 38.0 Å². The van der Waals surface area contributed by atoms with E-state index in [1.54, 1.807) is 12.4 Å². The number of hydrogen-bond donors (Lipinski definition) is 1. The zero-order valence-corrected chi connectivity index (χ0v) is 18.3. The normalized spacial score (nSPS) is 19.1. The molecule has 2 fully saturated rings. The van der Waals surface area contributed by atoms with Crippen molar-refractivity contribution in [1.82, 2.24) is 34.6 Å². The highest BCUT2D eigenvalue weighted by Crippen LogP contribution is 2.28. The summed E-state index contributed by atoms with van der Waals surface area (Å²) in [4.78, 5) is 31.5. The lowest BCUT2D eigenvalue weighted by Crippen LogP contribution is -2.54. The second-order valence-corrected chi connectivity index (χ2v) is 8.69. The molecule has 6 rings (SSSR count). The summed E-state index contributed by atoms with van der Waals surface area (Å²) in [6.45, 7) is 4.91. The highest BCUT2D eigenvalue weighted by atomic mass is 16.5. The van der Waals surface area contributed by atoms with Crippen molar-refractivity contribution in [1.29, 1.82) is 0 Å². The molecule has 2 aliphatic rings. The summed E-state index contributed by atoms with van der Waals surface area (Å²) in [5.74, 6) is 1.22. The Hall–Kier alpha value is -3.37. The van der Waals surface area contributed by atoms with E-state index in [9.17, 15) is 4.79 Å². The molecule has 0 aliphatic carbocycles.